The molecule has 0 bridgehead atoms. The number of rotatable bonds is 1. The number of hydrogen-bond donors (Lipinski definition) is 2. The van der Waals surface area contributed by atoms with E-state index in [-0.39, 0.29) is 5.56 Å². The summed E-state index contributed by atoms with van der Waals surface area (Å²) in [4.78, 5) is 10.6. The van der Waals surface area contributed by atoms with Gasteiger partial charge in [-0.25, -0.2) is 5.10 Å². The zero-order valence-electron chi connectivity index (χ0n) is 6.11. The minimum absolute atomic E-state index is 0.210. The van der Waals surface area contributed by atoms with Crippen molar-refractivity contribution in [1.29, 1.82) is 0 Å². The molecule has 0 aliphatic rings. The normalized spacial score (nSPS) is 10.0. The predicted molar refractivity (Wildman–Crippen MR) is 42.4 cm³/mol. The van der Waals surface area contributed by atoms with Crippen molar-refractivity contribution in [1.82, 2.24) is 20.4 Å². The van der Waals surface area contributed by atoms with Crippen LogP contribution in [0.1, 0.15) is 0 Å². The minimum Gasteiger partial charge on any atom is -0.276 e. The summed E-state index contributed by atoms with van der Waals surface area (Å²) in [7, 11) is 0. The van der Waals surface area contributed by atoms with Crippen LogP contribution in [-0.2, 0) is 0 Å². The molecule has 0 unspecified atom stereocenters. The lowest BCUT2D eigenvalue weighted by Gasteiger charge is -1.91. The van der Waals surface area contributed by atoms with Gasteiger partial charge in [0, 0.05) is 12.3 Å². The Morgan fingerprint density at radius 2 is 2.08 bits per heavy atom. The highest BCUT2D eigenvalue weighted by atomic mass is 16.1. The highest BCUT2D eigenvalue weighted by Gasteiger charge is 1.98. The van der Waals surface area contributed by atoms with E-state index in [1.54, 1.807) is 18.3 Å². The van der Waals surface area contributed by atoms with Crippen LogP contribution in [0.5, 0.6) is 0 Å². The van der Waals surface area contributed by atoms with Crippen LogP contribution in [-0.4, -0.2) is 20.4 Å². The lowest BCUT2D eigenvalue weighted by molar-refractivity contribution is 0.981. The first-order valence-electron chi connectivity index (χ1n) is 3.42. The van der Waals surface area contributed by atoms with Crippen molar-refractivity contribution in [2.45, 2.75) is 0 Å². The average molecular weight is 162 g/mol. The van der Waals surface area contributed by atoms with Gasteiger partial charge < -0.3 is 0 Å². The fourth-order valence-corrected chi connectivity index (χ4v) is 0.893. The molecule has 0 atom stereocenters. The maximum Gasteiger partial charge on any atom is 0.264 e. The van der Waals surface area contributed by atoms with Crippen molar-refractivity contribution in [3.63, 3.8) is 0 Å². The topological polar surface area (TPSA) is 74.4 Å². The lowest BCUT2D eigenvalue weighted by atomic mass is 10.3. The molecule has 0 saturated carbocycles. The Morgan fingerprint density at radius 1 is 1.17 bits per heavy atom. The quantitative estimate of drug-likeness (QED) is 0.627. The number of aromatic amines is 2. The van der Waals surface area contributed by atoms with E-state index in [2.05, 4.69) is 20.4 Å². The molecule has 5 heteroatoms. The summed E-state index contributed by atoms with van der Waals surface area (Å²) >= 11 is 0. The van der Waals surface area contributed by atoms with Crippen molar-refractivity contribution in [3.05, 3.63) is 34.7 Å². The summed E-state index contributed by atoms with van der Waals surface area (Å²) in [5.74, 6) is 0. The molecular weight excluding hydrogens is 156 g/mol. The van der Waals surface area contributed by atoms with Gasteiger partial charge in [0.1, 0.15) is 5.69 Å². The Kier molecular flexibility index (Phi) is 1.48. The van der Waals surface area contributed by atoms with Crippen molar-refractivity contribution in [2.24, 2.45) is 0 Å². The van der Waals surface area contributed by atoms with Gasteiger partial charge in [-0.05, 0) is 12.1 Å². The first-order chi connectivity index (χ1) is 5.86. The van der Waals surface area contributed by atoms with E-state index in [1.165, 1.54) is 6.07 Å². The largest absolute Gasteiger partial charge is 0.276 e. The maximum absolute atomic E-state index is 10.6. The molecule has 0 fully saturated rings. The maximum atomic E-state index is 10.6. The molecular formula is C7H6N4O. The van der Waals surface area contributed by atoms with Crippen molar-refractivity contribution in [2.75, 3.05) is 0 Å². The summed E-state index contributed by atoms with van der Waals surface area (Å²) in [6, 6.07) is 4.83. The average Bonchev–Trinajstić information content (AvgIpc) is 2.58. The SMILES string of the molecule is O=c1ccc(-c2ccn[nH]2)n[nH]1. The van der Waals surface area contributed by atoms with Crippen LogP contribution >= 0.6 is 0 Å². The van der Waals surface area contributed by atoms with Crippen LogP contribution in [0.3, 0.4) is 0 Å². The molecule has 0 aliphatic carbocycles. The summed E-state index contributed by atoms with van der Waals surface area (Å²) in [5, 5.41) is 12.6. The molecule has 2 heterocycles. The number of nitrogens with one attached hydrogen (secondary N) is 2. The van der Waals surface area contributed by atoms with E-state index < -0.39 is 0 Å². The highest BCUT2D eigenvalue weighted by molar-refractivity contribution is 5.51. The zero-order chi connectivity index (χ0) is 8.39. The molecule has 2 aromatic rings. The monoisotopic (exact) mass is 162 g/mol. The molecule has 5 nitrogen and oxygen atoms in total. The van der Waals surface area contributed by atoms with Crippen molar-refractivity contribution >= 4 is 0 Å². The zero-order valence-corrected chi connectivity index (χ0v) is 6.11. The Labute approximate surface area is 67.5 Å². The fraction of sp³-hybridized carbons (Fsp3) is 0. The predicted octanol–water partition coefficient (Wildman–Crippen LogP) is 0.160. The van der Waals surface area contributed by atoms with Gasteiger partial charge in [-0.3, -0.25) is 9.89 Å². The van der Waals surface area contributed by atoms with E-state index in [0.29, 0.717) is 5.69 Å². The third-order valence-electron chi connectivity index (χ3n) is 1.46. The Balaban J connectivity index is 2.49. The third kappa shape index (κ3) is 1.12. The van der Waals surface area contributed by atoms with Gasteiger partial charge in [0.15, 0.2) is 0 Å². The molecule has 2 N–H and O–H groups in total. The Bertz CT molecular complexity index is 397. The number of aromatic nitrogens is 4. The van der Waals surface area contributed by atoms with Gasteiger partial charge in [0.05, 0.1) is 5.69 Å². The molecule has 12 heavy (non-hydrogen) atoms. The molecule has 0 spiro atoms. The lowest BCUT2D eigenvalue weighted by Crippen LogP contribution is -2.05. The summed E-state index contributed by atoms with van der Waals surface area (Å²) in [6.07, 6.45) is 1.63. The second-order valence-electron chi connectivity index (χ2n) is 2.28. The molecule has 2 rings (SSSR count). The third-order valence-corrected chi connectivity index (χ3v) is 1.46. The van der Waals surface area contributed by atoms with Crippen LogP contribution < -0.4 is 5.56 Å². The smallest absolute Gasteiger partial charge is 0.264 e. The van der Waals surface area contributed by atoms with Gasteiger partial charge in [0.25, 0.3) is 5.56 Å². The van der Waals surface area contributed by atoms with Crippen LogP contribution in [0.15, 0.2) is 29.2 Å². The summed E-state index contributed by atoms with van der Waals surface area (Å²) in [6.45, 7) is 0. The van der Waals surface area contributed by atoms with Gasteiger partial charge in [-0.15, -0.1) is 0 Å². The minimum atomic E-state index is -0.210. The molecule has 2 aromatic heterocycles. The highest BCUT2D eigenvalue weighted by Crippen LogP contribution is 2.08. The molecule has 0 amide bonds. The van der Waals surface area contributed by atoms with Crippen molar-refractivity contribution in [3.8, 4) is 11.4 Å². The number of H-pyrrole nitrogens is 2. The van der Waals surface area contributed by atoms with E-state index >= 15 is 0 Å². The van der Waals surface area contributed by atoms with Gasteiger partial charge in [0.2, 0.25) is 0 Å². The van der Waals surface area contributed by atoms with Crippen LogP contribution in [0.25, 0.3) is 11.4 Å². The first kappa shape index (κ1) is 6.78. The van der Waals surface area contributed by atoms with Crippen LogP contribution in [0.2, 0.25) is 0 Å². The van der Waals surface area contributed by atoms with E-state index in [9.17, 15) is 4.79 Å². The molecule has 0 aromatic carbocycles. The summed E-state index contributed by atoms with van der Waals surface area (Å²) < 4.78 is 0. The van der Waals surface area contributed by atoms with Gasteiger partial charge in [-0.2, -0.15) is 10.2 Å². The van der Waals surface area contributed by atoms with Crippen LogP contribution in [0, 0.1) is 0 Å². The van der Waals surface area contributed by atoms with Gasteiger partial charge in [-0.1, -0.05) is 0 Å². The van der Waals surface area contributed by atoms with E-state index in [0.717, 1.165) is 5.69 Å². The first-order valence-corrected chi connectivity index (χ1v) is 3.42. The second kappa shape index (κ2) is 2.61. The molecule has 60 valence electrons. The Hall–Kier alpha value is -1.91. The summed E-state index contributed by atoms with van der Waals surface area (Å²) in [5.41, 5.74) is 1.25. The van der Waals surface area contributed by atoms with E-state index in [1.807, 2.05) is 0 Å². The van der Waals surface area contributed by atoms with Crippen molar-refractivity contribution < 1.29 is 0 Å². The molecule has 0 saturated heterocycles. The number of hydrogen-bond acceptors (Lipinski definition) is 3. The van der Waals surface area contributed by atoms with Crippen LogP contribution in [0.4, 0.5) is 0 Å². The number of nitrogens with zero attached hydrogens (tertiary/aromatic N) is 2. The fourth-order valence-electron chi connectivity index (χ4n) is 0.893. The van der Waals surface area contributed by atoms with Gasteiger partial charge >= 0.3 is 0 Å². The van der Waals surface area contributed by atoms with E-state index in [4.69, 9.17) is 0 Å². The second-order valence-corrected chi connectivity index (χ2v) is 2.28. The Morgan fingerprint density at radius 3 is 2.67 bits per heavy atom. The standard InChI is InChI=1S/C7H6N4O/c12-7-2-1-5(10-11-7)6-3-4-8-9-6/h1-4H,(H,8,9)(H,11,12). The molecule has 0 aliphatic heterocycles. The molecule has 0 radical (unpaired) electrons.